The van der Waals surface area contributed by atoms with Crippen LogP contribution in [0, 0.1) is 0 Å². The Balaban J connectivity index is 1.76. The van der Waals surface area contributed by atoms with Crippen molar-refractivity contribution >= 4 is 15.9 Å². The monoisotopic (exact) mass is 409 g/mol. The Labute approximate surface area is 163 Å². The molecule has 0 radical (unpaired) electrons. The number of nitrogens with one attached hydrogen (secondary N) is 1. The van der Waals surface area contributed by atoms with Gasteiger partial charge in [0.25, 0.3) is 5.91 Å². The molecule has 1 N–H and O–H groups in total. The van der Waals surface area contributed by atoms with Crippen LogP contribution in [0.15, 0.2) is 33.7 Å². The third-order valence-electron chi connectivity index (χ3n) is 4.52. The van der Waals surface area contributed by atoms with Crippen molar-refractivity contribution in [1.82, 2.24) is 14.8 Å². The number of benzene rings is 1. The maximum atomic E-state index is 13.0. The van der Waals surface area contributed by atoms with Crippen molar-refractivity contribution < 1.29 is 27.2 Å². The Morgan fingerprint density at radius 2 is 2.04 bits per heavy atom. The average molecular weight is 409 g/mol. The smallest absolute Gasteiger partial charge is 0.273 e. The topological polar surface area (TPSA) is 111 Å². The summed E-state index contributed by atoms with van der Waals surface area (Å²) in [4.78, 5) is 12.5. The quantitative estimate of drug-likeness (QED) is 0.652. The first-order valence-electron chi connectivity index (χ1n) is 8.86. The minimum atomic E-state index is -3.71. The number of sulfonamides is 1. The summed E-state index contributed by atoms with van der Waals surface area (Å²) in [7, 11) is -0.606. The van der Waals surface area contributed by atoms with Crippen LogP contribution in [0.2, 0.25) is 0 Å². The van der Waals surface area contributed by atoms with Gasteiger partial charge in [0.05, 0.1) is 12.0 Å². The van der Waals surface area contributed by atoms with Crippen molar-refractivity contribution in [2.75, 3.05) is 33.9 Å². The first kappa shape index (κ1) is 20.3. The minimum absolute atomic E-state index is 0.0357. The highest BCUT2D eigenvalue weighted by Gasteiger charge is 2.33. The molecule has 28 heavy (non-hydrogen) atoms. The van der Waals surface area contributed by atoms with E-state index in [1.165, 1.54) is 23.5 Å². The van der Waals surface area contributed by atoms with E-state index in [0.29, 0.717) is 43.1 Å². The number of nitrogens with zero attached hydrogens (tertiary/aromatic N) is 2. The molecule has 0 atom stereocenters. The van der Waals surface area contributed by atoms with Gasteiger partial charge >= 0.3 is 0 Å². The van der Waals surface area contributed by atoms with Crippen LogP contribution in [0.4, 0.5) is 0 Å². The van der Waals surface area contributed by atoms with Gasteiger partial charge < -0.3 is 19.3 Å². The predicted octanol–water partition coefficient (Wildman–Crippen LogP) is 1.20. The number of methoxy groups -OCH3 is 2. The maximum Gasteiger partial charge on any atom is 0.273 e. The molecule has 0 spiro atoms. The number of amides is 1. The van der Waals surface area contributed by atoms with E-state index in [1.807, 2.05) is 0 Å². The molecular weight excluding hydrogens is 386 g/mol. The Kier molecular flexibility index (Phi) is 6.32. The molecule has 9 nitrogen and oxygen atoms in total. The number of rotatable bonds is 8. The van der Waals surface area contributed by atoms with Gasteiger partial charge in [-0.25, -0.2) is 8.42 Å². The summed E-state index contributed by atoms with van der Waals surface area (Å²) in [5, 5.41) is 6.60. The predicted molar refractivity (Wildman–Crippen MR) is 99.6 cm³/mol. The van der Waals surface area contributed by atoms with E-state index in [1.54, 1.807) is 19.2 Å². The van der Waals surface area contributed by atoms with E-state index in [2.05, 4.69) is 10.5 Å². The lowest BCUT2D eigenvalue weighted by Gasteiger charge is -2.25. The Morgan fingerprint density at radius 3 is 2.71 bits per heavy atom. The zero-order valence-electron chi connectivity index (χ0n) is 15.8. The summed E-state index contributed by atoms with van der Waals surface area (Å²) in [6, 6.07) is 6.20. The second kappa shape index (κ2) is 8.72. The fourth-order valence-corrected chi connectivity index (χ4v) is 4.38. The van der Waals surface area contributed by atoms with E-state index in [9.17, 15) is 13.2 Å². The lowest BCUT2D eigenvalue weighted by molar-refractivity contribution is 0.0938. The van der Waals surface area contributed by atoms with Crippen LogP contribution in [0.3, 0.4) is 0 Å². The molecule has 0 saturated heterocycles. The number of carbonyl (C=O) groups excluding carboxylic acids is 1. The summed E-state index contributed by atoms with van der Waals surface area (Å²) in [5.41, 5.74) is 0.634. The molecule has 1 aromatic carbocycles. The molecule has 0 aliphatic carbocycles. The average Bonchev–Trinajstić information content (AvgIpc) is 3.14. The van der Waals surface area contributed by atoms with Crippen molar-refractivity contribution in [2.24, 2.45) is 0 Å². The lowest BCUT2D eigenvalue weighted by atomic mass is 10.1. The van der Waals surface area contributed by atoms with E-state index < -0.39 is 10.0 Å². The van der Waals surface area contributed by atoms with Crippen LogP contribution in [-0.2, 0) is 27.7 Å². The highest BCUT2D eigenvalue weighted by atomic mass is 32.2. The van der Waals surface area contributed by atoms with E-state index >= 15 is 0 Å². The molecule has 0 unspecified atom stereocenters. The van der Waals surface area contributed by atoms with E-state index in [4.69, 9.17) is 14.0 Å². The number of aromatic nitrogens is 1. The molecule has 1 aliphatic heterocycles. The molecule has 152 valence electrons. The van der Waals surface area contributed by atoms with Gasteiger partial charge in [-0.2, -0.15) is 4.31 Å². The van der Waals surface area contributed by atoms with E-state index in [-0.39, 0.29) is 29.6 Å². The third kappa shape index (κ3) is 4.18. The third-order valence-corrected chi connectivity index (χ3v) is 6.37. The standard InChI is InChI=1S/C18H23N3O6S/c1-25-11-3-9-19-18(22)17-15-12-21(10-8-16(15)27-20-17)28(23,24)14-6-4-13(26-2)5-7-14/h4-7H,3,8-12H2,1-2H3,(H,19,22). The molecule has 2 aromatic rings. The number of hydrogen-bond acceptors (Lipinski definition) is 7. The van der Waals surface area contributed by atoms with Crippen molar-refractivity contribution in [3.8, 4) is 5.75 Å². The normalized spacial score (nSPS) is 14.5. The molecule has 1 aromatic heterocycles. The molecule has 1 aliphatic rings. The van der Waals surface area contributed by atoms with Crippen LogP contribution in [0.1, 0.15) is 28.2 Å². The fourth-order valence-electron chi connectivity index (χ4n) is 2.97. The minimum Gasteiger partial charge on any atom is -0.497 e. The van der Waals surface area contributed by atoms with Gasteiger partial charge in [0.2, 0.25) is 10.0 Å². The highest BCUT2D eigenvalue weighted by Crippen LogP contribution is 2.28. The largest absolute Gasteiger partial charge is 0.497 e. The van der Waals surface area contributed by atoms with Gasteiger partial charge in [-0.1, -0.05) is 5.16 Å². The fraction of sp³-hybridized carbons (Fsp3) is 0.444. The number of carbonyl (C=O) groups is 1. The van der Waals surface area contributed by atoms with Crippen LogP contribution in [-0.4, -0.2) is 57.7 Å². The Morgan fingerprint density at radius 1 is 1.29 bits per heavy atom. The zero-order chi connectivity index (χ0) is 20.1. The maximum absolute atomic E-state index is 13.0. The second-order valence-corrected chi connectivity index (χ2v) is 8.24. The first-order valence-corrected chi connectivity index (χ1v) is 10.3. The van der Waals surface area contributed by atoms with Crippen LogP contribution in [0.25, 0.3) is 0 Å². The van der Waals surface area contributed by atoms with Gasteiger partial charge in [0.15, 0.2) is 5.69 Å². The van der Waals surface area contributed by atoms with Crippen molar-refractivity contribution in [3.05, 3.63) is 41.3 Å². The van der Waals surface area contributed by atoms with Crippen LogP contribution < -0.4 is 10.1 Å². The number of hydrogen-bond donors (Lipinski definition) is 1. The summed E-state index contributed by atoms with van der Waals surface area (Å²) < 4.78 is 42.5. The summed E-state index contributed by atoms with van der Waals surface area (Å²) >= 11 is 0. The Hall–Kier alpha value is -2.43. The van der Waals surface area contributed by atoms with Crippen molar-refractivity contribution in [1.29, 1.82) is 0 Å². The van der Waals surface area contributed by atoms with Gasteiger partial charge in [0.1, 0.15) is 11.5 Å². The number of fused-ring (bicyclic) bond motifs is 1. The Bertz CT molecular complexity index is 923. The molecule has 3 rings (SSSR count). The number of ether oxygens (including phenoxy) is 2. The summed E-state index contributed by atoms with van der Waals surface area (Å²) in [6.07, 6.45) is 1.02. The molecule has 1 amide bonds. The molecule has 2 heterocycles. The highest BCUT2D eigenvalue weighted by molar-refractivity contribution is 7.89. The molecular formula is C18H23N3O6S. The van der Waals surface area contributed by atoms with Gasteiger partial charge in [-0.15, -0.1) is 0 Å². The first-order chi connectivity index (χ1) is 13.5. The van der Waals surface area contributed by atoms with Crippen molar-refractivity contribution in [3.63, 3.8) is 0 Å². The van der Waals surface area contributed by atoms with Crippen LogP contribution >= 0.6 is 0 Å². The molecule has 0 bridgehead atoms. The lowest BCUT2D eigenvalue weighted by Crippen LogP contribution is -2.36. The van der Waals surface area contributed by atoms with E-state index in [0.717, 1.165) is 0 Å². The molecule has 0 fully saturated rings. The SMILES string of the molecule is COCCCNC(=O)c1noc2c1CN(S(=O)(=O)c1ccc(OC)cc1)CC2. The second-order valence-electron chi connectivity index (χ2n) is 6.30. The van der Waals surface area contributed by atoms with Gasteiger partial charge in [-0.05, 0) is 30.7 Å². The molecule has 0 saturated carbocycles. The summed E-state index contributed by atoms with van der Waals surface area (Å²) in [6.45, 7) is 1.26. The van der Waals surface area contributed by atoms with Gasteiger partial charge in [-0.3, -0.25) is 4.79 Å². The van der Waals surface area contributed by atoms with Crippen molar-refractivity contribution in [2.45, 2.75) is 24.3 Å². The van der Waals surface area contributed by atoms with Crippen LogP contribution in [0.5, 0.6) is 5.75 Å². The zero-order valence-corrected chi connectivity index (χ0v) is 16.6. The van der Waals surface area contributed by atoms with Gasteiger partial charge in [0, 0.05) is 45.3 Å². The molecule has 10 heteroatoms. The summed E-state index contributed by atoms with van der Waals surface area (Å²) in [5.74, 6) is 0.736.